The maximum atomic E-state index is 12.3. The molecule has 0 atom stereocenters. The molecule has 3 aromatic rings. The van der Waals surface area contributed by atoms with Crippen molar-refractivity contribution in [1.29, 1.82) is 0 Å². The van der Waals surface area contributed by atoms with Gasteiger partial charge < -0.3 is 9.47 Å². The molecule has 6 heteroatoms. The van der Waals surface area contributed by atoms with E-state index in [4.69, 9.17) is 9.47 Å². The van der Waals surface area contributed by atoms with E-state index in [2.05, 4.69) is 33.1 Å². The lowest BCUT2D eigenvalue weighted by molar-refractivity contribution is 0.0954. The lowest BCUT2D eigenvalue weighted by Gasteiger charge is -2.09. The van der Waals surface area contributed by atoms with E-state index in [1.165, 1.54) is 0 Å². The maximum absolute atomic E-state index is 12.3. The number of ether oxygens (including phenoxy) is 2. The number of fused-ring (bicyclic) bond motifs is 1. The molecule has 1 amide bonds. The molecule has 0 unspecified atom stereocenters. The standard InChI is InChI=1S/C21H19IN2O3/c1-3-27-19-11-9-15(16-6-4-5-7-17(16)19)13-23-24-21(25)14-8-10-18(22)20(12-14)26-2/h4-13H,3H2,1-2H3,(H,24,25)/b23-13-. The summed E-state index contributed by atoms with van der Waals surface area (Å²) in [6, 6.07) is 17.1. The van der Waals surface area contributed by atoms with Crippen LogP contribution in [0.1, 0.15) is 22.8 Å². The van der Waals surface area contributed by atoms with E-state index in [0.717, 1.165) is 25.7 Å². The molecular weight excluding hydrogens is 455 g/mol. The third-order valence-electron chi connectivity index (χ3n) is 4.00. The van der Waals surface area contributed by atoms with Crippen LogP contribution in [0.15, 0.2) is 59.7 Å². The Labute approximate surface area is 171 Å². The number of hydrogen-bond donors (Lipinski definition) is 1. The quantitative estimate of drug-likeness (QED) is 0.323. The minimum atomic E-state index is -0.295. The van der Waals surface area contributed by atoms with Gasteiger partial charge in [0.2, 0.25) is 0 Å². The summed E-state index contributed by atoms with van der Waals surface area (Å²) < 4.78 is 11.9. The van der Waals surface area contributed by atoms with Gasteiger partial charge in [0.1, 0.15) is 11.5 Å². The zero-order valence-electron chi connectivity index (χ0n) is 15.0. The first kappa shape index (κ1) is 19.2. The van der Waals surface area contributed by atoms with Crippen LogP contribution in [0.3, 0.4) is 0 Å². The Hall–Kier alpha value is -2.61. The summed E-state index contributed by atoms with van der Waals surface area (Å²) in [5.74, 6) is 1.20. The number of amides is 1. The Balaban J connectivity index is 1.80. The average molecular weight is 474 g/mol. The SMILES string of the molecule is CCOc1ccc(/C=N\NC(=O)c2ccc(I)c(OC)c2)c2ccccc12. The van der Waals surface area contributed by atoms with Crippen LogP contribution in [-0.2, 0) is 0 Å². The molecule has 0 aromatic heterocycles. The third kappa shape index (κ3) is 4.39. The minimum absolute atomic E-state index is 0.295. The third-order valence-corrected chi connectivity index (χ3v) is 4.89. The fourth-order valence-electron chi connectivity index (χ4n) is 2.71. The summed E-state index contributed by atoms with van der Waals surface area (Å²) in [5, 5.41) is 6.14. The summed E-state index contributed by atoms with van der Waals surface area (Å²) in [6.45, 7) is 2.56. The largest absolute Gasteiger partial charge is 0.496 e. The zero-order chi connectivity index (χ0) is 19.2. The van der Waals surface area contributed by atoms with Crippen molar-refractivity contribution in [2.75, 3.05) is 13.7 Å². The van der Waals surface area contributed by atoms with E-state index in [1.54, 1.807) is 25.5 Å². The highest BCUT2D eigenvalue weighted by Gasteiger charge is 2.09. The molecule has 0 fully saturated rings. The number of carbonyl (C=O) groups excluding carboxylic acids is 1. The lowest BCUT2D eigenvalue weighted by atomic mass is 10.0. The highest BCUT2D eigenvalue weighted by atomic mass is 127. The van der Waals surface area contributed by atoms with Crippen molar-refractivity contribution in [3.63, 3.8) is 0 Å². The van der Waals surface area contributed by atoms with Crippen molar-refractivity contribution in [3.05, 3.63) is 69.3 Å². The van der Waals surface area contributed by atoms with E-state index in [9.17, 15) is 4.79 Å². The molecule has 1 N–H and O–H groups in total. The number of benzene rings is 3. The summed E-state index contributed by atoms with van der Waals surface area (Å²) in [5.41, 5.74) is 3.95. The normalized spacial score (nSPS) is 10.9. The molecule has 0 radical (unpaired) electrons. The second-order valence-electron chi connectivity index (χ2n) is 5.68. The number of nitrogens with one attached hydrogen (secondary N) is 1. The molecule has 138 valence electrons. The average Bonchev–Trinajstić information content (AvgIpc) is 2.70. The molecule has 0 heterocycles. The molecule has 27 heavy (non-hydrogen) atoms. The van der Waals surface area contributed by atoms with Crippen molar-refractivity contribution >= 4 is 45.5 Å². The molecule has 0 aliphatic heterocycles. The summed E-state index contributed by atoms with van der Waals surface area (Å²) in [4.78, 5) is 12.3. The van der Waals surface area contributed by atoms with E-state index >= 15 is 0 Å². The van der Waals surface area contributed by atoms with Crippen LogP contribution in [0, 0.1) is 3.57 Å². The Morgan fingerprint density at radius 1 is 1.11 bits per heavy atom. The minimum Gasteiger partial charge on any atom is -0.496 e. The van der Waals surface area contributed by atoms with Crippen LogP contribution in [-0.4, -0.2) is 25.8 Å². The van der Waals surface area contributed by atoms with Crippen LogP contribution in [0.25, 0.3) is 10.8 Å². The van der Waals surface area contributed by atoms with Crippen molar-refractivity contribution in [3.8, 4) is 11.5 Å². The van der Waals surface area contributed by atoms with Crippen LogP contribution < -0.4 is 14.9 Å². The molecule has 0 saturated carbocycles. The first-order valence-electron chi connectivity index (χ1n) is 8.45. The number of rotatable bonds is 6. The van der Waals surface area contributed by atoms with Gasteiger partial charge in [0.15, 0.2) is 0 Å². The van der Waals surface area contributed by atoms with Gasteiger partial charge in [-0.1, -0.05) is 24.3 Å². The van der Waals surface area contributed by atoms with Crippen LogP contribution in [0.4, 0.5) is 0 Å². The smallest absolute Gasteiger partial charge is 0.271 e. The van der Waals surface area contributed by atoms with E-state index < -0.39 is 0 Å². The van der Waals surface area contributed by atoms with Gasteiger partial charge in [0.05, 0.1) is 23.5 Å². The van der Waals surface area contributed by atoms with Crippen LogP contribution in [0.2, 0.25) is 0 Å². The molecular formula is C21H19IN2O3. The molecule has 3 aromatic carbocycles. The van der Waals surface area contributed by atoms with Gasteiger partial charge in [-0.25, -0.2) is 5.43 Å². The summed E-state index contributed by atoms with van der Waals surface area (Å²) >= 11 is 2.16. The van der Waals surface area contributed by atoms with E-state index in [1.807, 2.05) is 49.4 Å². The number of hydrogen-bond acceptors (Lipinski definition) is 4. The fourth-order valence-corrected chi connectivity index (χ4v) is 3.27. The van der Waals surface area contributed by atoms with E-state index in [-0.39, 0.29) is 5.91 Å². The Kier molecular flexibility index (Phi) is 6.28. The molecule has 3 rings (SSSR count). The highest BCUT2D eigenvalue weighted by molar-refractivity contribution is 14.1. The van der Waals surface area contributed by atoms with Gasteiger partial charge in [-0.3, -0.25) is 4.79 Å². The van der Waals surface area contributed by atoms with Gasteiger partial charge in [-0.15, -0.1) is 0 Å². The zero-order valence-corrected chi connectivity index (χ0v) is 17.2. The Bertz CT molecular complexity index is 1000. The molecule has 0 aliphatic carbocycles. The monoisotopic (exact) mass is 474 g/mol. The maximum Gasteiger partial charge on any atom is 0.271 e. The van der Waals surface area contributed by atoms with Crippen LogP contribution >= 0.6 is 22.6 Å². The van der Waals surface area contributed by atoms with Crippen LogP contribution in [0.5, 0.6) is 11.5 Å². The first-order chi connectivity index (χ1) is 13.1. The summed E-state index contributed by atoms with van der Waals surface area (Å²) in [7, 11) is 1.58. The molecule has 5 nitrogen and oxygen atoms in total. The predicted octanol–water partition coefficient (Wildman–Crippen LogP) is 4.62. The highest BCUT2D eigenvalue weighted by Crippen LogP contribution is 2.28. The summed E-state index contributed by atoms with van der Waals surface area (Å²) in [6.07, 6.45) is 1.64. The van der Waals surface area contributed by atoms with Gasteiger partial charge >= 0.3 is 0 Å². The molecule has 0 aliphatic rings. The number of hydrazone groups is 1. The number of nitrogens with zero attached hydrogens (tertiary/aromatic N) is 1. The first-order valence-corrected chi connectivity index (χ1v) is 9.53. The Morgan fingerprint density at radius 3 is 2.63 bits per heavy atom. The van der Waals surface area contributed by atoms with Crippen molar-refractivity contribution in [2.45, 2.75) is 6.92 Å². The van der Waals surface area contributed by atoms with Crippen molar-refractivity contribution in [1.82, 2.24) is 5.43 Å². The van der Waals surface area contributed by atoms with E-state index in [0.29, 0.717) is 17.9 Å². The number of halogens is 1. The predicted molar refractivity (Wildman–Crippen MR) is 116 cm³/mol. The Morgan fingerprint density at radius 2 is 1.89 bits per heavy atom. The number of methoxy groups -OCH3 is 1. The van der Waals surface area contributed by atoms with Gasteiger partial charge in [0.25, 0.3) is 5.91 Å². The van der Waals surface area contributed by atoms with Gasteiger partial charge in [-0.05, 0) is 65.2 Å². The molecule has 0 bridgehead atoms. The number of carbonyl (C=O) groups is 1. The van der Waals surface area contributed by atoms with Crippen molar-refractivity contribution in [2.24, 2.45) is 5.10 Å². The second kappa shape index (κ2) is 8.85. The molecule has 0 spiro atoms. The fraction of sp³-hybridized carbons (Fsp3) is 0.143. The topological polar surface area (TPSA) is 59.9 Å². The molecule has 0 saturated heterocycles. The van der Waals surface area contributed by atoms with Gasteiger partial charge in [0, 0.05) is 16.5 Å². The second-order valence-corrected chi connectivity index (χ2v) is 6.84. The van der Waals surface area contributed by atoms with Crippen molar-refractivity contribution < 1.29 is 14.3 Å². The van der Waals surface area contributed by atoms with Gasteiger partial charge in [-0.2, -0.15) is 5.10 Å². The lowest BCUT2D eigenvalue weighted by Crippen LogP contribution is -2.17.